The third kappa shape index (κ3) is 2.14. The standard InChI is InChI=1S/C13H18N4O/c14-8-11-12-3-1-2-5-17(12)13(16-11)7-10-9-18-6-4-15-10/h10,15H,1-7,9H2. The summed E-state index contributed by atoms with van der Waals surface area (Å²) < 4.78 is 7.72. The van der Waals surface area contributed by atoms with Gasteiger partial charge in [-0.3, -0.25) is 0 Å². The van der Waals surface area contributed by atoms with Gasteiger partial charge in [-0.2, -0.15) is 5.26 Å². The van der Waals surface area contributed by atoms with Gasteiger partial charge < -0.3 is 14.6 Å². The number of ether oxygens (including phenoxy) is 1. The van der Waals surface area contributed by atoms with E-state index in [-0.39, 0.29) is 0 Å². The largest absolute Gasteiger partial charge is 0.379 e. The maximum Gasteiger partial charge on any atom is 0.161 e. The van der Waals surface area contributed by atoms with E-state index in [2.05, 4.69) is 20.9 Å². The lowest BCUT2D eigenvalue weighted by Crippen LogP contribution is -2.43. The van der Waals surface area contributed by atoms with Crippen LogP contribution in [0.4, 0.5) is 0 Å². The van der Waals surface area contributed by atoms with Gasteiger partial charge in [-0.25, -0.2) is 4.98 Å². The molecule has 3 rings (SSSR count). The van der Waals surface area contributed by atoms with Gasteiger partial charge >= 0.3 is 0 Å². The molecule has 18 heavy (non-hydrogen) atoms. The number of nitrogens with zero attached hydrogens (tertiary/aromatic N) is 3. The Hall–Kier alpha value is -1.38. The summed E-state index contributed by atoms with van der Waals surface area (Å²) in [6.45, 7) is 3.44. The molecule has 0 aliphatic carbocycles. The molecule has 1 aromatic heterocycles. The van der Waals surface area contributed by atoms with Crippen LogP contribution in [0.15, 0.2) is 0 Å². The molecule has 5 heteroatoms. The van der Waals surface area contributed by atoms with E-state index in [0.717, 1.165) is 50.7 Å². The molecule has 2 aliphatic rings. The minimum absolute atomic E-state index is 0.332. The molecule has 0 spiro atoms. The number of imidazole rings is 1. The van der Waals surface area contributed by atoms with E-state index in [0.29, 0.717) is 11.7 Å². The van der Waals surface area contributed by atoms with Crippen LogP contribution in [0.1, 0.15) is 30.1 Å². The normalized spacial score (nSPS) is 23.4. The summed E-state index contributed by atoms with van der Waals surface area (Å²) in [5.74, 6) is 1.05. The van der Waals surface area contributed by atoms with Crippen molar-refractivity contribution in [3.8, 4) is 6.07 Å². The number of nitrogens with one attached hydrogen (secondary N) is 1. The highest BCUT2D eigenvalue weighted by Crippen LogP contribution is 2.21. The molecule has 0 amide bonds. The van der Waals surface area contributed by atoms with Gasteiger partial charge in [0.15, 0.2) is 5.69 Å². The number of aromatic nitrogens is 2. The number of hydrogen-bond acceptors (Lipinski definition) is 4. The summed E-state index contributed by atoms with van der Waals surface area (Å²) >= 11 is 0. The summed E-state index contributed by atoms with van der Waals surface area (Å²) in [5.41, 5.74) is 1.76. The molecule has 0 radical (unpaired) electrons. The molecule has 0 bridgehead atoms. The first-order valence-corrected chi connectivity index (χ1v) is 6.68. The summed E-state index contributed by atoms with van der Waals surface area (Å²) in [5, 5.41) is 12.6. The predicted molar refractivity (Wildman–Crippen MR) is 66.2 cm³/mol. The van der Waals surface area contributed by atoms with Crippen molar-refractivity contribution in [2.75, 3.05) is 19.8 Å². The lowest BCUT2D eigenvalue weighted by atomic mass is 10.1. The van der Waals surface area contributed by atoms with E-state index < -0.39 is 0 Å². The zero-order valence-corrected chi connectivity index (χ0v) is 10.5. The van der Waals surface area contributed by atoms with Gasteiger partial charge in [0.05, 0.1) is 18.9 Å². The predicted octanol–water partition coefficient (Wildman–Crippen LogP) is 0.622. The maximum atomic E-state index is 9.15. The Morgan fingerprint density at radius 2 is 2.44 bits per heavy atom. The molecule has 1 unspecified atom stereocenters. The van der Waals surface area contributed by atoms with Crippen molar-refractivity contribution in [2.45, 2.75) is 38.3 Å². The number of fused-ring (bicyclic) bond motifs is 1. The molecule has 3 heterocycles. The monoisotopic (exact) mass is 246 g/mol. The highest BCUT2D eigenvalue weighted by molar-refractivity contribution is 5.30. The van der Waals surface area contributed by atoms with Crippen LogP contribution in [0.25, 0.3) is 0 Å². The van der Waals surface area contributed by atoms with Gasteiger partial charge in [-0.1, -0.05) is 0 Å². The van der Waals surface area contributed by atoms with E-state index in [1.807, 2.05) is 0 Å². The smallest absolute Gasteiger partial charge is 0.161 e. The van der Waals surface area contributed by atoms with Gasteiger partial charge in [0, 0.05) is 25.6 Å². The van der Waals surface area contributed by atoms with Crippen molar-refractivity contribution in [1.29, 1.82) is 5.26 Å². The molecule has 1 saturated heterocycles. The molecular formula is C13H18N4O. The highest BCUT2D eigenvalue weighted by Gasteiger charge is 2.22. The molecule has 0 saturated carbocycles. The maximum absolute atomic E-state index is 9.15. The average Bonchev–Trinajstić information content (AvgIpc) is 2.78. The molecule has 1 atom stereocenters. The second-order valence-electron chi connectivity index (χ2n) is 4.97. The Kier molecular flexibility index (Phi) is 3.31. The summed E-state index contributed by atoms with van der Waals surface area (Å²) in [6.07, 6.45) is 4.21. The Labute approximate surface area is 107 Å². The third-order valence-corrected chi connectivity index (χ3v) is 3.73. The van der Waals surface area contributed by atoms with Crippen molar-refractivity contribution in [2.24, 2.45) is 0 Å². The van der Waals surface area contributed by atoms with Gasteiger partial charge in [0.1, 0.15) is 11.9 Å². The van der Waals surface area contributed by atoms with Crippen LogP contribution in [0.2, 0.25) is 0 Å². The molecular weight excluding hydrogens is 228 g/mol. The van der Waals surface area contributed by atoms with E-state index in [1.165, 1.54) is 12.8 Å². The topological polar surface area (TPSA) is 62.9 Å². The number of morpholine rings is 1. The lowest BCUT2D eigenvalue weighted by molar-refractivity contribution is 0.0760. The molecule has 1 N–H and O–H groups in total. The van der Waals surface area contributed by atoms with Gasteiger partial charge in [-0.15, -0.1) is 0 Å². The van der Waals surface area contributed by atoms with E-state index >= 15 is 0 Å². The van der Waals surface area contributed by atoms with Gasteiger partial charge in [-0.05, 0) is 19.3 Å². The Balaban J connectivity index is 1.83. The zero-order chi connectivity index (χ0) is 12.4. The van der Waals surface area contributed by atoms with E-state index in [1.54, 1.807) is 0 Å². The van der Waals surface area contributed by atoms with Gasteiger partial charge in [0.25, 0.3) is 0 Å². The van der Waals surface area contributed by atoms with Crippen LogP contribution in [0, 0.1) is 11.3 Å². The number of rotatable bonds is 2. The highest BCUT2D eigenvalue weighted by atomic mass is 16.5. The summed E-state index contributed by atoms with van der Waals surface area (Å²) in [4.78, 5) is 4.51. The lowest BCUT2D eigenvalue weighted by Gasteiger charge is -2.24. The minimum Gasteiger partial charge on any atom is -0.379 e. The van der Waals surface area contributed by atoms with Gasteiger partial charge in [0.2, 0.25) is 0 Å². The number of hydrogen-bond donors (Lipinski definition) is 1. The number of nitriles is 1. The Morgan fingerprint density at radius 1 is 1.50 bits per heavy atom. The van der Waals surface area contributed by atoms with Crippen molar-refractivity contribution in [1.82, 2.24) is 14.9 Å². The Morgan fingerprint density at radius 3 is 3.22 bits per heavy atom. The summed E-state index contributed by atoms with van der Waals surface area (Å²) in [6, 6.07) is 2.56. The van der Waals surface area contributed by atoms with E-state index in [9.17, 15) is 0 Å². The van der Waals surface area contributed by atoms with Crippen molar-refractivity contribution in [3.63, 3.8) is 0 Å². The second-order valence-corrected chi connectivity index (χ2v) is 4.97. The Bertz CT molecular complexity index is 468. The van der Waals surface area contributed by atoms with Crippen LogP contribution in [-0.4, -0.2) is 35.4 Å². The van der Waals surface area contributed by atoms with Crippen LogP contribution in [0.5, 0.6) is 0 Å². The van der Waals surface area contributed by atoms with Crippen molar-refractivity contribution in [3.05, 3.63) is 17.2 Å². The fourth-order valence-electron chi connectivity index (χ4n) is 2.83. The first-order chi connectivity index (χ1) is 8.88. The minimum atomic E-state index is 0.332. The second kappa shape index (κ2) is 5.09. The third-order valence-electron chi connectivity index (χ3n) is 3.73. The van der Waals surface area contributed by atoms with Crippen LogP contribution in [0.3, 0.4) is 0 Å². The van der Waals surface area contributed by atoms with Crippen LogP contribution < -0.4 is 5.32 Å². The quantitative estimate of drug-likeness (QED) is 0.831. The van der Waals surface area contributed by atoms with Crippen molar-refractivity contribution >= 4 is 0 Å². The molecule has 96 valence electrons. The molecule has 2 aliphatic heterocycles. The molecule has 0 aromatic carbocycles. The van der Waals surface area contributed by atoms with Crippen LogP contribution >= 0.6 is 0 Å². The molecule has 1 aromatic rings. The average molecular weight is 246 g/mol. The molecule has 1 fully saturated rings. The summed E-state index contributed by atoms with van der Waals surface area (Å²) in [7, 11) is 0. The fraction of sp³-hybridized carbons (Fsp3) is 0.692. The first-order valence-electron chi connectivity index (χ1n) is 6.68. The van der Waals surface area contributed by atoms with Crippen molar-refractivity contribution < 1.29 is 4.74 Å². The fourth-order valence-corrected chi connectivity index (χ4v) is 2.83. The first kappa shape index (κ1) is 11.7. The zero-order valence-electron chi connectivity index (χ0n) is 10.5. The molecule has 5 nitrogen and oxygen atoms in total. The van der Waals surface area contributed by atoms with E-state index in [4.69, 9.17) is 10.00 Å². The SMILES string of the molecule is N#Cc1nc(CC2COCCN2)n2c1CCCC2. The van der Waals surface area contributed by atoms with Crippen LogP contribution in [-0.2, 0) is 24.1 Å².